The van der Waals surface area contributed by atoms with Crippen LogP contribution in [-0.2, 0) is 35.3 Å². The van der Waals surface area contributed by atoms with Gasteiger partial charge in [0.05, 0.1) is 0 Å². The molecule has 53 heavy (non-hydrogen) atoms. The van der Waals surface area contributed by atoms with Crippen LogP contribution in [0.3, 0.4) is 0 Å². The number of benzene rings is 2. The van der Waals surface area contributed by atoms with Crippen LogP contribution in [0.2, 0.25) is 0 Å². The first-order chi connectivity index (χ1) is 24.8. The van der Waals surface area contributed by atoms with E-state index in [1.807, 2.05) is 18.2 Å². The van der Waals surface area contributed by atoms with Crippen LogP contribution in [0.5, 0.6) is 0 Å². The third-order valence-electron chi connectivity index (χ3n) is 11.1. The van der Waals surface area contributed by atoms with E-state index in [1.54, 1.807) is 6.08 Å². The summed E-state index contributed by atoms with van der Waals surface area (Å²) in [5.74, 6) is -4.32. The number of carbonyl (C=O) groups is 2. The minimum atomic E-state index is -5.01. The summed E-state index contributed by atoms with van der Waals surface area (Å²) in [6.45, 7) is 2.07. The van der Waals surface area contributed by atoms with Crippen LogP contribution in [0.1, 0.15) is 108 Å². The van der Waals surface area contributed by atoms with Gasteiger partial charge in [0.2, 0.25) is 0 Å². The summed E-state index contributed by atoms with van der Waals surface area (Å²) in [5.41, 5.74) is -1.39. The van der Waals surface area contributed by atoms with Gasteiger partial charge in [-0.3, -0.25) is 14.3 Å². The van der Waals surface area contributed by atoms with Crippen molar-refractivity contribution in [2.45, 2.75) is 100 Å². The number of Topliss-reactive ketones (excluding diaryl/α,β-unsaturated/α-hetero) is 2. The molecule has 1 spiro atoms. The summed E-state index contributed by atoms with van der Waals surface area (Å²) in [7, 11) is 0. The Labute approximate surface area is 300 Å². The van der Waals surface area contributed by atoms with Crippen molar-refractivity contribution in [2.24, 2.45) is 16.8 Å². The Balaban J connectivity index is 1.19. The average molecular weight is 738 g/mol. The molecule has 2 aromatic carbocycles. The molecule has 0 radical (unpaired) electrons. The van der Waals surface area contributed by atoms with Gasteiger partial charge < -0.3 is 5.11 Å². The first-order valence-corrected chi connectivity index (χ1v) is 17.6. The lowest BCUT2D eigenvalue weighted by atomic mass is 9.77. The number of halogens is 7. The fourth-order valence-electron chi connectivity index (χ4n) is 8.55. The van der Waals surface area contributed by atoms with E-state index < -0.39 is 88.7 Å². The smallest absolute Gasteiger partial charge is 0.378 e. The molecule has 13 heteroatoms. The summed E-state index contributed by atoms with van der Waals surface area (Å²) in [4.78, 5) is 31.8. The summed E-state index contributed by atoms with van der Waals surface area (Å²) in [6.07, 6.45) is -1.44. The Morgan fingerprint density at radius 3 is 2.47 bits per heavy atom. The molecule has 3 aromatic rings. The number of aliphatic imine (C=N–C) groups is 1. The van der Waals surface area contributed by atoms with Gasteiger partial charge in [-0.05, 0) is 98.8 Å². The molecule has 2 saturated carbocycles. The van der Waals surface area contributed by atoms with E-state index in [2.05, 4.69) is 16.9 Å². The number of hydrogen-bond donors (Lipinski definition) is 1. The molecule has 276 valence electrons. The number of carbonyl (C=O) groups excluding carboxylic acids is 2. The molecular formula is C40H34F7N3O3. The monoisotopic (exact) mass is 737 g/mol. The van der Waals surface area contributed by atoms with Gasteiger partial charge in [0.25, 0.3) is 5.92 Å². The summed E-state index contributed by atoms with van der Waals surface area (Å²) in [6, 6.07) is 8.50. The summed E-state index contributed by atoms with van der Waals surface area (Å²) in [5, 5.41) is 13.8. The highest BCUT2D eigenvalue weighted by atomic mass is 19.4. The highest BCUT2D eigenvalue weighted by Gasteiger charge is 2.68. The van der Waals surface area contributed by atoms with Gasteiger partial charge in [-0.1, -0.05) is 18.1 Å². The van der Waals surface area contributed by atoms with Gasteiger partial charge in [-0.15, -0.1) is 0 Å². The molecule has 8 rings (SSSR count). The lowest BCUT2D eigenvalue weighted by molar-refractivity contribution is -0.142. The average Bonchev–Trinajstić information content (AvgIpc) is 3.95. The lowest BCUT2D eigenvalue weighted by Crippen LogP contribution is -2.30. The molecule has 0 amide bonds. The topological polar surface area (TPSA) is 84.5 Å². The quantitative estimate of drug-likeness (QED) is 0.187. The second-order valence-electron chi connectivity index (χ2n) is 15.7. The number of hydrogen-bond acceptors (Lipinski definition) is 5. The largest absolute Gasteiger partial charge is 0.435 e. The Hall–Kier alpha value is -4.57. The fourth-order valence-corrected chi connectivity index (χ4v) is 8.55. The van der Waals surface area contributed by atoms with Crippen LogP contribution in [0, 0.1) is 35.3 Å². The van der Waals surface area contributed by atoms with Crippen molar-refractivity contribution >= 4 is 17.3 Å². The van der Waals surface area contributed by atoms with Crippen LogP contribution in [0.4, 0.5) is 30.7 Å². The Kier molecular flexibility index (Phi) is 8.01. The first-order valence-electron chi connectivity index (χ1n) is 17.6. The van der Waals surface area contributed by atoms with Gasteiger partial charge in [0, 0.05) is 58.9 Å². The molecule has 4 atom stereocenters. The van der Waals surface area contributed by atoms with Crippen molar-refractivity contribution in [3.8, 4) is 11.8 Å². The maximum atomic E-state index is 15.3. The van der Waals surface area contributed by atoms with Crippen LogP contribution in [0.25, 0.3) is 0 Å². The van der Waals surface area contributed by atoms with Crippen LogP contribution >= 0.6 is 0 Å². The lowest BCUT2D eigenvalue weighted by Gasteiger charge is -2.29. The number of aliphatic hydroxyl groups is 1. The molecule has 6 nitrogen and oxygen atoms in total. The van der Waals surface area contributed by atoms with E-state index in [0.717, 1.165) is 30.5 Å². The minimum Gasteiger partial charge on any atom is -0.378 e. The predicted molar refractivity (Wildman–Crippen MR) is 178 cm³/mol. The first kappa shape index (κ1) is 35.5. The van der Waals surface area contributed by atoms with E-state index >= 15 is 8.78 Å². The van der Waals surface area contributed by atoms with Crippen LogP contribution in [0.15, 0.2) is 53.2 Å². The van der Waals surface area contributed by atoms with Crippen molar-refractivity contribution in [3.05, 3.63) is 99.0 Å². The predicted octanol–water partition coefficient (Wildman–Crippen LogP) is 8.11. The molecule has 5 aliphatic rings. The zero-order valence-electron chi connectivity index (χ0n) is 28.8. The normalized spacial score (nSPS) is 23.7. The molecular weight excluding hydrogens is 703 g/mol. The second kappa shape index (κ2) is 12.0. The molecule has 2 heterocycles. The third kappa shape index (κ3) is 6.43. The fraction of sp³-hybridized carbons (Fsp3) is 0.450. The molecule has 1 aliphatic heterocycles. The van der Waals surface area contributed by atoms with Crippen molar-refractivity contribution in [1.82, 2.24) is 9.78 Å². The zero-order chi connectivity index (χ0) is 37.8. The number of nitrogens with zero attached hydrogens (tertiary/aromatic N) is 3. The van der Waals surface area contributed by atoms with E-state index in [0.29, 0.717) is 34.0 Å². The number of fused-ring (bicyclic) bond motifs is 5. The van der Waals surface area contributed by atoms with Gasteiger partial charge in [-0.25, -0.2) is 13.8 Å². The maximum Gasteiger partial charge on any atom is 0.435 e. The van der Waals surface area contributed by atoms with Crippen molar-refractivity contribution in [2.75, 3.05) is 0 Å². The van der Waals surface area contributed by atoms with Gasteiger partial charge >= 0.3 is 6.18 Å². The number of ketones is 2. The molecule has 1 N–H and O–H groups in total. The van der Waals surface area contributed by atoms with Crippen molar-refractivity contribution in [3.63, 3.8) is 0 Å². The summed E-state index contributed by atoms with van der Waals surface area (Å²) < 4.78 is 102. The molecule has 0 bridgehead atoms. The third-order valence-corrected chi connectivity index (χ3v) is 11.1. The highest BCUT2D eigenvalue weighted by molar-refractivity contribution is 6.04. The Bertz CT molecular complexity index is 2190. The Morgan fingerprint density at radius 1 is 1.09 bits per heavy atom. The summed E-state index contributed by atoms with van der Waals surface area (Å²) >= 11 is 0. The Morgan fingerprint density at radius 2 is 1.81 bits per heavy atom. The number of alkyl halides is 5. The van der Waals surface area contributed by atoms with Gasteiger partial charge in [0.1, 0.15) is 35.2 Å². The van der Waals surface area contributed by atoms with Gasteiger partial charge in [-0.2, -0.15) is 27.1 Å². The highest BCUT2D eigenvalue weighted by Crippen LogP contribution is 2.68. The number of allylic oxidation sites excluding steroid dienone is 2. The van der Waals surface area contributed by atoms with E-state index in [9.17, 15) is 36.6 Å². The number of aromatic nitrogens is 2. The molecule has 2 fully saturated rings. The SMILES string of the molecule is CC(C)(O)C#CC1=CCC(c2ccc3c(c2)C(=O)CC32CC2)C([C@@H](CC(=O)Cn2nc(C(F)(F)F)c3c2C(F)(F)[C@@H]2C[C@H]32)Cc2cc(F)cc(F)c2)=N1. The second-order valence-corrected chi connectivity index (χ2v) is 15.7. The molecule has 1 aromatic heterocycles. The van der Waals surface area contributed by atoms with E-state index in [4.69, 9.17) is 4.99 Å². The van der Waals surface area contributed by atoms with Crippen LogP contribution in [-0.4, -0.2) is 37.8 Å². The van der Waals surface area contributed by atoms with Crippen LogP contribution < -0.4 is 0 Å². The van der Waals surface area contributed by atoms with E-state index in [1.165, 1.54) is 13.8 Å². The standard InChI is InChI=1S/C40H34F7N3O3/c1-37(2,53)8-7-25-4-5-27(21-3-6-30-28(15-21)32(52)18-38(30)9-10-38)34(48-25)22(11-20-12-23(41)16-24(42)13-20)14-26(51)19-50-36-33(35(49-50)40(45,46)47)29-17-31(29)39(36,43)44/h3-4,6,12-13,15-16,22,27,29,31,53H,5,9-11,14,17-19H2,1-2H3/t22-,27?,29+,31-/m1/s1. The number of rotatable bonds is 8. The van der Waals surface area contributed by atoms with Crippen molar-refractivity contribution in [1.29, 1.82) is 0 Å². The molecule has 1 unspecified atom stereocenters. The van der Waals surface area contributed by atoms with Crippen molar-refractivity contribution < 1.29 is 45.4 Å². The minimum absolute atomic E-state index is 0.0160. The van der Waals surface area contributed by atoms with Gasteiger partial charge in [0.15, 0.2) is 17.3 Å². The van der Waals surface area contributed by atoms with E-state index in [-0.39, 0.29) is 41.7 Å². The molecule has 4 aliphatic carbocycles. The molecule has 0 saturated heterocycles. The zero-order valence-corrected chi connectivity index (χ0v) is 28.8. The maximum absolute atomic E-state index is 15.3.